The number of hydrogen-bond donors (Lipinski definition) is 0. The SMILES string of the molecule is CO[Si](C)(OC)c1cccc2c1ccc1ccccc12. The highest BCUT2D eigenvalue weighted by atomic mass is 28.4. The van der Waals surface area contributed by atoms with E-state index in [1.54, 1.807) is 14.2 Å². The Bertz CT molecular complexity index is 763. The van der Waals surface area contributed by atoms with Crippen LogP contribution in [0.2, 0.25) is 6.55 Å². The van der Waals surface area contributed by atoms with E-state index in [1.807, 2.05) is 0 Å². The second kappa shape index (κ2) is 5.02. The number of benzene rings is 3. The van der Waals surface area contributed by atoms with Gasteiger partial charge in [0.25, 0.3) is 0 Å². The van der Waals surface area contributed by atoms with Crippen LogP contribution in [0.4, 0.5) is 0 Å². The maximum Gasteiger partial charge on any atom is 0.369 e. The summed E-state index contributed by atoms with van der Waals surface area (Å²) in [6, 6.07) is 19.2. The molecule has 0 aromatic heterocycles. The summed E-state index contributed by atoms with van der Waals surface area (Å²) >= 11 is 0. The zero-order chi connectivity index (χ0) is 14.2. The summed E-state index contributed by atoms with van der Waals surface area (Å²) in [5.41, 5.74) is 0. The van der Waals surface area contributed by atoms with Crippen molar-refractivity contribution in [2.45, 2.75) is 6.55 Å². The van der Waals surface area contributed by atoms with Gasteiger partial charge in [-0.3, -0.25) is 0 Å². The van der Waals surface area contributed by atoms with Crippen LogP contribution in [0.25, 0.3) is 21.5 Å². The molecule has 0 radical (unpaired) electrons. The van der Waals surface area contributed by atoms with E-state index in [0.29, 0.717) is 0 Å². The Labute approximate surface area is 120 Å². The smallest absolute Gasteiger partial charge is 0.369 e. The molecule has 0 saturated carbocycles. The summed E-state index contributed by atoms with van der Waals surface area (Å²) in [7, 11) is 1.14. The summed E-state index contributed by atoms with van der Waals surface area (Å²) in [5, 5.41) is 6.20. The first kappa shape index (κ1) is 13.3. The summed E-state index contributed by atoms with van der Waals surface area (Å²) in [4.78, 5) is 0. The second-order valence-corrected chi connectivity index (χ2v) is 8.29. The Morgan fingerprint density at radius 1 is 0.700 bits per heavy atom. The van der Waals surface area contributed by atoms with E-state index in [2.05, 4.69) is 61.1 Å². The van der Waals surface area contributed by atoms with Crippen LogP contribution in [0.1, 0.15) is 0 Å². The van der Waals surface area contributed by atoms with Gasteiger partial charge >= 0.3 is 8.56 Å². The van der Waals surface area contributed by atoms with Gasteiger partial charge in [0.15, 0.2) is 0 Å². The Morgan fingerprint density at radius 3 is 2.15 bits per heavy atom. The lowest BCUT2D eigenvalue weighted by molar-refractivity contribution is 0.265. The molecular formula is C17H18O2Si. The van der Waals surface area contributed by atoms with Crippen molar-refractivity contribution >= 4 is 35.3 Å². The molecule has 3 aromatic carbocycles. The third-order valence-electron chi connectivity index (χ3n) is 4.05. The number of hydrogen-bond acceptors (Lipinski definition) is 2. The van der Waals surface area contributed by atoms with E-state index in [-0.39, 0.29) is 0 Å². The number of rotatable bonds is 3. The highest BCUT2D eigenvalue weighted by Gasteiger charge is 2.33. The van der Waals surface area contributed by atoms with Crippen molar-refractivity contribution in [2.75, 3.05) is 14.2 Å². The largest absolute Gasteiger partial charge is 0.394 e. The zero-order valence-corrected chi connectivity index (χ0v) is 13.0. The van der Waals surface area contributed by atoms with Gasteiger partial charge in [0.05, 0.1) is 0 Å². The molecule has 0 amide bonds. The topological polar surface area (TPSA) is 18.5 Å². The molecule has 0 aliphatic rings. The molecule has 0 spiro atoms. The molecule has 0 aliphatic heterocycles. The Morgan fingerprint density at radius 2 is 1.40 bits per heavy atom. The van der Waals surface area contributed by atoms with Crippen molar-refractivity contribution in [2.24, 2.45) is 0 Å². The van der Waals surface area contributed by atoms with Gasteiger partial charge in [-0.2, -0.15) is 0 Å². The number of fused-ring (bicyclic) bond motifs is 3. The molecular weight excluding hydrogens is 264 g/mol. The summed E-state index contributed by atoms with van der Waals surface area (Å²) < 4.78 is 11.4. The molecule has 0 unspecified atom stereocenters. The molecule has 102 valence electrons. The molecule has 0 atom stereocenters. The predicted molar refractivity (Wildman–Crippen MR) is 86.7 cm³/mol. The first-order chi connectivity index (χ1) is 9.69. The van der Waals surface area contributed by atoms with Crippen LogP contribution in [-0.2, 0) is 8.85 Å². The van der Waals surface area contributed by atoms with Gasteiger partial charge < -0.3 is 8.85 Å². The summed E-state index contributed by atoms with van der Waals surface area (Å²) in [6.45, 7) is 2.08. The van der Waals surface area contributed by atoms with Crippen molar-refractivity contribution in [1.82, 2.24) is 0 Å². The highest BCUT2D eigenvalue weighted by Crippen LogP contribution is 2.25. The minimum Gasteiger partial charge on any atom is -0.394 e. The average molecular weight is 282 g/mol. The Balaban J connectivity index is 2.39. The molecule has 0 fully saturated rings. The van der Waals surface area contributed by atoms with E-state index in [1.165, 1.54) is 26.7 Å². The van der Waals surface area contributed by atoms with Crippen molar-refractivity contribution in [3.05, 3.63) is 54.6 Å². The lowest BCUT2D eigenvalue weighted by Crippen LogP contribution is -2.49. The van der Waals surface area contributed by atoms with Gasteiger partial charge in [-0.15, -0.1) is 0 Å². The minimum absolute atomic E-state index is 1.19. The van der Waals surface area contributed by atoms with Crippen molar-refractivity contribution < 1.29 is 8.85 Å². The maximum atomic E-state index is 5.71. The molecule has 0 bridgehead atoms. The van der Waals surface area contributed by atoms with Gasteiger partial charge in [0.1, 0.15) is 0 Å². The van der Waals surface area contributed by atoms with E-state index in [0.717, 1.165) is 0 Å². The lowest BCUT2D eigenvalue weighted by atomic mass is 10.0. The van der Waals surface area contributed by atoms with Crippen LogP contribution in [-0.4, -0.2) is 22.8 Å². The predicted octanol–water partition coefficient (Wildman–Crippen LogP) is 3.56. The standard InChI is InChI=1S/C17H18O2Si/c1-18-20(3,19-2)17-10-6-9-15-14-8-5-4-7-13(14)11-12-16(15)17/h4-12H,1-3H3. The molecule has 0 N–H and O–H groups in total. The molecule has 3 aromatic rings. The van der Waals surface area contributed by atoms with Crippen LogP contribution in [0.3, 0.4) is 0 Å². The fourth-order valence-electron chi connectivity index (χ4n) is 2.74. The third kappa shape index (κ3) is 1.95. The molecule has 0 saturated heterocycles. The Hall–Kier alpha value is -1.68. The van der Waals surface area contributed by atoms with Gasteiger partial charge in [0.2, 0.25) is 0 Å². The van der Waals surface area contributed by atoms with E-state index < -0.39 is 8.56 Å². The zero-order valence-electron chi connectivity index (χ0n) is 12.0. The molecule has 20 heavy (non-hydrogen) atoms. The highest BCUT2D eigenvalue weighted by molar-refractivity contribution is 6.82. The van der Waals surface area contributed by atoms with Crippen LogP contribution in [0, 0.1) is 0 Å². The van der Waals surface area contributed by atoms with E-state index in [9.17, 15) is 0 Å². The van der Waals surface area contributed by atoms with Gasteiger partial charge in [-0.1, -0.05) is 54.6 Å². The fraction of sp³-hybridized carbons (Fsp3) is 0.176. The first-order valence-corrected chi connectivity index (χ1v) is 9.02. The maximum absolute atomic E-state index is 5.71. The normalized spacial score (nSPS) is 12.2. The summed E-state index contributed by atoms with van der Waals surface area (Å²) in [6.07, 6.45) is 0. The lowest BCUT2D eigenvalue weighted by Gasteiger charge is -2.24. The van der Waals surface area contributed by atoms with Gasteiger partial charge in [-0.25, -0.2) is 0 Å². The van der Waals surface area contributed by atoms with Crippen LogP contribution in [0.5, 0.6) is 0 Å². The molecule has 2 nitrogen and oxygen atoms in total. The molecule has 0 aliphatic carbocycles. The van der Waals surface area contributed by atoms with E-state index >= 15 is 0 Å². The third-order valence-corrected chi connectivity index (χ3v) is 7.03. The van der Waals surface area contributed by atoms with Crippen molar-refractivity contribution in [3.8, 4) is 0 Å². The summed E-state index contributed by atoms with van der Waals surface area (Å²) in [5.74, 6) is 0. The van der Waals surface area contributed by atoms with Crippen LogP contribution in [0.15, 0.2) is 54.6 Å². The average Bonchev–Trinajstić information content (AvgIpc) is 2.53. The van der Waals surface area contributed by atoms with Crippen molar-refractivity contribution in [1.29, 1.82) is 0 Å². The van der Waals surface area contributed by atoms with Gasteiger partial charge in [0, 0.05) is 19.4 Å². The van der Waals surface area contributed by atoms with Gasteiger partial charge in [-0.05, 0) is 28.1 Å². The molecule has 3 rings (SSSR count). The van der Waals surface area contributed by atoms with E-state index in [4.69, 9.17) is 8.85 Å². The quantitative estimate of drug-likeness (QED) is 0.540. The minimum atomic E-state index is -2.33. The Kier molecular flexibility index (Phi) is 3.34. The van der Waals surface area contributed by atoms with Crippen molar-refractivity contribution in [3.63, 3.8) is 0 Å². The first-order valence-electron chi connectivity index (χ1n) is 6.71. The second-order valence-electron chi connectivity index (χ2n) is 5.04. The van der Waals surface area contributed by atoms with Crippen LogP contribution < -0.4 is 5.19 Å². The fourth-order valence-corrected chi connectivity index (χ4v) is 4.45. The van der Waals surface area contributed by atoms with Crippen LogP contribution >= 0.6 is 0 Å². The monoisotopic (exact) mass is 282 g/mol. The molecule has 0 heterocycles. The molecule has 3 heteroatoms.